The van der Waals surface area contributed by atoms with E-state index in [0.29, 0.717) is 6.61 Å². The van der Waals surface area contributed by atoms with Crippen molar-refractivity contribution in [2.45, 2.75) is 33.1 Å². The highest BCUT2D eigenvalue weighted by molar-refractivity contribution is 5.31. The summed E-state index contributed by atoms with van der Waals surface area (Å²) in [6, 6.07) is 6.64. The minimum absolute atomic E-state index is 0.0611. The first-order valence-corrected chi connectivity index (χ1v) is 6.90. The number of piperidine rings is 1. The lowest BCUT2D eigenvalue weighted by molar-refractivity contribution is 0.0438. The van der Waals surface area contributed by atoms with E-state index in [4.69, 9.17) is 0 Å². The SMILES string of the molecule is Cc1ccc(C)c(CC2(CO)CCCN(C)C2)c1. The van der Waals surface area contributed by atoms with Gasteiger partial charge in [0.1, 0.15) is 0 Å². The Labute approximate surface area is 111 Å². The van der Waals surface area contributed by atoms with Crippen molar-refractivity contribution in [1.29, 1.82) is 0 Å². The fourth-order valence-electron chi connectivity index (χ4n) is 3.18. The van der Waals surface area contributed by atoms with Gasteiger partial charge in [0, 0.05) is 12.0 Å². The quantitative estimate of drug-likeness (QED) is 0.887. The van der Waals surface area contributed by atoms with Crippen molar-refractivity contribution in [3.63, 3.8) is 0 Å². The lowest BCUT2D eigenvalue weighted by atomic mass is 9.75. The lowest BCUT2D eigenvalue weighted by Crippen LogP contribution is -2.45. The second-order valence-corrected chi connectivity index (χ2v) is 6.11. The van der Waals surface area contributed by atoms with Crippen molar-refractivity contribution in [3.8, 4) is 0 Å². The number of nitrogens with zero attached hydrogens (tertiary/aromatic N) is 1. The predicted molar refractivity (Wildman–Crippen MR) is 75.9 cm³/mol. The normalized spacial score (nSPS) is 25.3. The highest BCUT2D eigenvalue weighted by Gasteiger charge is 2.34. The molecule has 1 unspecified atom stereocenters. The van der Waals surface area contributed by atoms with Crippen molar-refractivity contribution in [2.75, 3.05) is 26.7 Å². The molecule has 2 heteroatoms. The second-order valence-electron chi connectivity index (χ2n) is 6.11. The van der Waals surface area contributed by atoms with Gasteiger partial charge < -0.3 is 10.0 Å². The van der Waals surface area contributed by atoms with E-state index in [2.05, 4.69) is 44.0 Å². The van der Waals surface area contributed by atoms with Crippen LogP contribution < -0.4 is 0 Å². The fraction of sp³-hybridized carbons (Fsp3) is 0.625. The van der Waals surface area contributed by atoms with E-state index in [1.165, 1.54) is 23.1 Å². The van der Waals surface area contributed by atoms with Gasteiger partial charge in [0.15, 0.2) is 0 Å². The third kappa shape index (κ3) is 2.93. The maximum absolute atomic E-state index is 9.85. The van der Waals surface area contributed by atoms with Gasteiger partial charge in [-0.05, 0) is 57.8 Å². The Morgan fingerprint density at radius 1 is 1.33 bits per heavy atom. The highest BCUT2D eigenvalue weighted by atomic mass is 16.3. The summed E-state index contributed by atoms with van der Waals surface area (Å²) in [4.78, 5) is 2.35. The molecule has 1 atom stereocenters. The Hall–Kier alpha value is -0.860. The Morgan fingerprint density at radius 3 is 2.78 bits per heavy atom. The van der Waals surface area contributed by atoms with Crippen LogP contribution >= 0.6 is 0 Å². The summed E-state index contributed by atoms with van der Waals surface area (Å²) in [5, 5.41) is 9.85. The monoisotopic (exact) mass is 247 g/mol. The van der Waals surface area contributed by atoms with Crippen LogP contribution in [0.2, 0.25) is 0 Å². The molecule has 0 saturated carbocycles. The first kappa shape index (κ1) is 13.6. The molecule has 1 fully saturated rings. The molecule has 18 heavy (non-hydrogen) atoms. The van der Waals surface area contributed by atoms with Crippen LogP contribution in [0.15, 0.2) is 18.2 Å². The largest absolute Gasteiger partial charge is 0.396 e. The van der Waals surface area contributed by atoms with Crippen LogP contribution in [0.5, 0.6) is 0 Å². The molecule has 1 heterocycles. The number of hydrogen-bond acceptors (Lipinski definition) is 2. The number of benzene rings is 1. The molecule has 100 valence electrons. The number of aliphatic hydroxyl groups is 1. The number of rotatable bonds is 3. The maximum atomic E-state index is 9.85. The zero-order chi connectivity index (χ0) is 13.2. The molecule has 1 saturated heterocycles. The topological polar surface area (TPSA) is 23.5 Å². The molecule has 0 radical (unpaired) electrons. The average molecular weight is 247 g/mol. The molecular formula is C16H25NO. The van der Waals surface area contributed by atoms with Gasteiger partial charge in [-0.25, -0.2) is 0 Å². The third-order valence-corrected chi connectivity index (χ3v) is 4.26. The van der Waals surface area contributed by atoms with Crippen LogP contribution in [0, 0.1) is 19.3 Å². The van der Waals surface area contributed by atoms with Gasteiger partial charge in [-0.1, -0.05) is 23.8 Å². The zero-order valence-electron chi connectivity index (χ0n) is 11.9. The molecule has 0 amide bonds. The van der Waals surface area contributed by atoms with Crippen molar-refractivity contribution in [2.24, 2.45) is 5.41 Å². The fourth-order valence-corrected chi connectivity index (χ4v) is 3.18. The molecule has 1 aliphatic heterocycles. The van der Waals surface area contributed by atoms with Crippen LogP contribution in [0.1, 0.15) is 29.5 Å². The summed E-state index contributed by atoms with van der Waals surface area (Å²) >= 11 is 0. The van der Waals surface area contributed by atoms with Gasteiger partial charge in [0.25, 0.3) is 0 Å². The number of likely N-dealkylation sites (tertiary alicyclic amines) is 1. The van der Waals surface area contributed by atoms with Gasteiger partial charge >= 0.3 is 0 Å². The Bertz CT molecular complexity index is 416. The summed E-state index contributed by atoms with van der Waals surface area (Å²) in [5.74, 6) is 0. The summed E-state index contributed by atoms with van der Waals surface area (Å²) in [7, 11) is 2.16. The van der Waals surface area contributed by atoms with E-state index in [1.54, 1.807) is 0 Å². The van der Waals surface area contributed by atoms with E-state index < -0.39 is 0 Å². The van der Waals surface area contributed by atoms with Crippen molar-refractivity contribution in [1.82, 2.24) is 4.90 Å². The van der Waals surface area contributed by atoms with E-state index in [1.807, 2.05) is 0 Å². The van der Waals surface area contributed by atoms with Crippen molar-refractivity contribution in [3.05, 3.63) is 34.9 Å². The molecule has 0 aromatic heterocycles. The van der Waals surface area contributed by atoms with Gasteiger partial charge in [-0.2, -0.15) is 0 Å². The molecule has 1 aliphatic rings. The summed E-state index contributed by atoms with van der Waals surface area (Å²) in [5.41, 5.74) is 4.12. The molecule has 0 spiro atoms. The molecule has 0 aliphatic carbocycles. The Kier molecular flexibility index (Phi) is 4.08. The van der Waals surface area contributed by atoms with Crippen molar-refractivity contribution >= 4 is 0 Å². The molecule has 2 nitrogen and oxygen atoms in total. The minimum atomic E-state index is 0.0611. The Morgan fingerprint density at radius 2 is 2.11 bits per heavy atom. The van der Waals surface area contributed by atoms with Crippen LogP contribution in [-0.4, -0.2) is 36.8 Å². The van der Waals surface area contributed by atoms with Crippen LogP contribution in [0.25, 0.3) is 0 Å². The molecule has 2 rings (SSSR count). The zero-order valence-corrected chi connectivity index (χ0v) is 11.9. The van der Waals surface area contributed by atoms with E-state index in [-0.39, 0.29) is 5.41 Å². The summed E-state index contributed by atoms with van der Waals surface area (Å²) < 4.78 is 0. The number of aliphatic hydroxyl groups excluding tert-OH is 1. The smallest absolute Gasteiger partial charge is 0.0502 e. The van der Waals surface area contributed by atoms with Crippen LogP contribution in [0.3, 0.4) is 0 Å². The minimum Gasteiger partial charge on any atom is -0.396 e. The highest BCUT2D eigenvalue weighted by Crippen LogP contribution is 2.33. The van der Waals surface area contributed by atoms with Gasteiger partial charge in [-0.15, -0.1) is 0 Å². The number of hydrogen-bond donors (Lipinski definition) is 1. The molecule has 0 bridgehead atoms. The summed E-state index contributed by atoms with van der Waals surface area (Å²) in [6.07, 6.45) is 3.34. The summed E-state index contributed by atoms with van der Waals surface area (Å²) in [6.45, 7) is 6.78. The Balaban J connectivity index is 2.21. The van der Waals surface area contributed by atoms with E-state index in [0.717, 1.165) is 25.9 Å². The van der Waals surface area contributed by atoms with Gasteiger partial charge in [-0.3, -0.25) is 0 Å². The second kappa shape index (κ2) is 5.41. The van der Waals surface area contributed by atoms with E-state index in [9.17, 15) is 5.11 Å². The maximum Gasteiger partial charge on any atom is 0.0502 e. The average Bonchev–Trinajstić information content (AvgIpc) is 2.34. The lowest BCUT2D eigenvalue weighted by Gasteiger charge is -2.40. The van der Waals surface area contributed by atoms with Crippen LogP contribution in [0.4, 0.5) is 0 Å². The first-order valence-electron chi connectivity index (χ1n) is 6.90. The van der Waals surface area contributed by atoms with Gasteiger partial charge in [0.2, 0.25) is 0 Å². The van der Waals surface area contributed by atoms with Crippen LogP contribution in [-0.2, 0) is 6.42 Å². The van der Waals surface area contributed by atoms with Crippen molar-refractivity contribution < 1.29 is 5.11 Å². The first-order chi connectivity index (χ1) is 8.54. The molecule has 1 aromatic carbocycles. The molecule has 1 aromatic rings. The molecule has 1 N–H and O–H groups in total. The standard InChI is InChI=1S/C16H25NO/c1-13-5-6-14(2)15(9-13)10-16(12-18)7-4-8-17(3)11-16/h5-6,9,18H,4,7-8,10-12H2,1-3H3. The van der Waals surface area contributed by atoms with Gasteiger partial charge in [0.05, 0.1) is 6.61 Å². The predicted octanol–water partition coefficient (Wildman–Crippen LogP) is 2.55. The molecular weight excluding hydrogens is 222 g/mol. The number of aryl methyl sites for hydroxylation is 2. The van der Waals surface area contributed by atoms with E-state index >= 15 is 0 Å². The third-order valence-electron chi connectivity index (χ3n) is 4.26.